The Labute approximate surface area is 229 Å². The van der Waals surface area contributed by atoms with Crippen LogP contribution in [0, 0.1) is 6.92 Å². The lowest BCUT2D eigenvalue weighted by Crippen LogP contribution is -2.43. The topological polar surface area (TPSA) is 79.1 Å². The van der Waals surface area contributed by atoms with Gasteiger partial charge >= 0.3 is 0 Å². The number of para-hydroxylation sites is 1. The molecule has 9 heteroatoms. The molecule has 1 aliphatic heterocycles. The van der Waals surface area contributed by atoms with E-state index >= 15 is 0 Å². The SMILES string of the molecule is COc1ccc(CCNC(=S)N(CCCN2CCOCC2)Cc2cc3cccc(C)c3[nH]c2=O)cc1OC. The lowest BCUT2D eigenvalue weighted by atomic mass is 10.1. The third-order valence-corrected chi connectivity index (χ3v) is 7.36. The third kappa shape index (κ3) is 7.24. The Morgan fingerprint density at radius 3 is 2.68 bits per heavy atom. The number of pyridine rings is 1. The zero-order valence-electron chi connectivity index (χ0n) is 22.5. The molecule has 0 radical (unpaired) electrons. The predicted molar refractivity (Wildman–Crippen MR) is 155 cm³/mol. The van der Waals surface area contributed by atoms with Gasteiger partial charge in [-0.05, 0) is 66.7 Å². The minimum atomic E-state index is -0.0712. The molecule has 0 spiro atoms. The molecule has 4 rings (SSSR count). The first-order valence-electron chi connectivity index (χ1n) is 13.1. The van der Waals surface area contributed by atoms with Crippen LogP contribution in [0.4, 0.5) is 0 Å². The Morgan fingerprint density at radius 1 is 1.13 bits per heavy atom. The number of aromatic nitrogens is 1. The minimum Gasteiger partial charge on any atom is -0.493 e. The van der Waals surface area contributed by atoms with E-state index in [0.29, 0.717) is 35.3 Å². The lowest BCUT2D eigenvalue weighted by Gasteiger charge is -2.29. The summed E-state index contributed by atoms with van der Waals surface area (Å²) in [5, 5.41) is 5.09. The molecule has 38 heavy (non-hydrogen) atoms. The summed E-state index contributed by atoms with van der Waals surface area (Å²) in [5.74, 6) is 1.42. The zero-order chi connectivity index (χ0) is 26.9. The van der Waals surface area contributed by atoms with E-state index < -0.39 is 0 Å². The number of thiocarbonyl (C=S) groups is 1. The maximum atomic E-state index is 13.0. The number of H-pyrrole nitrogens is 1. The highest BCUT2D eigenvalue weighted by Crippen LogP contribution is 2.27. The van der Waals surface area contributed by atoms with Crippen LogP contribution in [0.3, 0.4) is 0 Å². The number of benzene rings is 2. The van der Waals surface area contributed by atoms with E-state index in [2.05, 4.69) is 20.1 Å². The van der Waals surface area contributed by atoms with E-state index in [0.717, 1.165) is 74.3 Å². The summed E-state index contributed by atoms with van der Waals surface area (Å²) in [7, 11) is 3.27. The molecule has 0 saturated carbocycles. The van der Waals surface area contributed by atoms with Crippen molar-refractivity contribution < 1.29 is 14.2 Å². The Balaban J connectivity index is 1.43. The first-order valence-corrected chi connectivity index (χ1v) is 13.5. The Bertz CT molecular complexity index is 1290. The van der Waals surface area contributed by atoms with Crippen molar-refractivity contribution in [2.45, 2.75) is 26.3 Å². The first kappa shape index (κ1) is 27.9. The van der Waals surface area contributed by atoms with Crippen molar-refractivity contribution in [1.82, 2.24) is 20.1 Å². The van der Waals surface area contributed by atoms with E-state index in [-0.39, 0.29) is 5.56 Å². The minimum absolute atomic E-state index is 0.0712. The van der Waals surface area contributed by atoms with Crippen LogP contribution < -0.4 is 20.3 Å². The summed E-state index contributed by atoms with van der Waals surface area (Å²) < 4.78 is 16.2. The highest BCUT2D eigenvalue weighted by Gasteiger charge is 2.16. The van der Waals surface area contributed by atoms with E-state index in [1.54, 1.807) is 14.2 Å². The van der Waals surface area contributed by atoms with Crippen molar-refractivity contribution in [1.29, 1.82) is 0 Å². The molecule has 1 aromatic heterocycles. The van der Waals surface area contributed by atoms with Crippen LogP contribution in [0.25, 0.3) is 10.9 Å². The smallest absolute Gasteiger partial charge is 0.253 e. The van der Waals surface area contributed by atoms with Gasteiger partial charge in [0.1, 0.15) is 0 Å². The van der Waals surface area contributed by atoms with Crippen LogP contribution in [0.1, 0.15) is 23.1 Å². The number of nitrogens with one attached hydrogen (secondary N) is 2. The number of nitrogens with zero attached hydrogens (tertiary/aromatic N) is 2. The molecule has 0 amide bonds. The standard InChI is InChI=1S/C29H38N4O4S/c1-21-6-4-7-23-19-24(28(34)31-27(21)23)20-33(13-5-12-32-14-16-37-17-15-32)29(38)30-11-10-22-8-9-25(35-2)26(18-22)36-3/h4,6-9,18-19H,5,10-17,20H2,1-3H3,(H,30,38)(H,31,34). The van der Waals surface area contributed by atoms with Crippen LogP contribution >= 0.6 is 12.2 Å². The number of aryl methyl sites for hydroxylation is 1. The van der Waals surface area contributed by atoms with Crippen LogP contribution in [0.5, 0.6) is 11.5 Å². The zero-order valence-corrected chi connectivity index (χ0v) is 23.4. The number of ether oxygens (including phenoxy) is 3. The monoisotopic (exact) mass is 538 g/mol. The van der Waals surface area contributed by atoms with Crippen molar-refractivity contribution in [3.05, 3.63) is 69.5 Å². The van der Waals surface area contributed by atoms with Gasteiger partial charge in [-0.2, -0.15) is 0 Å². The number of hydrogen-bond donors (Lipinski definition) is 2. The Morgan fingerprint density at radius 2 is 1.92 bits per heavy atom. The maximum absolute atomic E-state index is 13.0. The quantitative estimate of drug-likeness (QED) is 0.359. The molecule has 1 saturated heterocycles. The van der Waals surface area contributed by atoms with Gasteiger partial charge in [0.2, 0.25) is 0 Å². The van der Waals surface area contributed by atoms with Crippen LogP contribution in [-0.4, -0.2) is 80.1 Å². The average molecular weight is 539 g/mol. The van der Waals surface area contributed by atoms with Crippen molar-refractivity contribution in [3.63, 3.8) is 0 Å². The number of fused-ring (bicyclic) bond motifs is 1. The molecule has 0 atom stereocenters. The van der Waals surface area contributed by atoms with Crippen LogP contribution in [0.15, 0.2) is 47.3 Å². The normalized spacial score (nSPS) is 13.9. The van der Waals surface area contributed by atoms with Crippen LogP contribution in [0.2, 0.25) is 0 Å². The molecule has 0 aliphatic carbocycles. The van der Waals surface area contributed by atoms with Crippen molar-refractivity contribution in [2.24, 2.45) is 0 Å². The summed E-state index contributed by atoms with van der Waals surface area (Å²) in [4.78, 5) is 20.6. The summed E-state index contributed by atoms with van der Waals surface area (Å²) in [5.41, 5.74) is 3.70. The van der Waals surface area contributed by atoms with Crippen molar-refractivity contribution in [3.8, 4) is 11.5 Å². The number of methoxy groups -OCH3 is 2. The molecule has 1 aliphatic rings. The fraction of sp³-hybridized carbons (Fsp3) is 0.448. The van der Waals surface area contributed by atoms with Gasteiger partial charge in [-0.3, -0.25) is 9.69 Å². The fourth-order valence-corrected chi connectivity index (χ4v) is 5.03. The van der Waals surface area contributed by atoms with Gasteiger partial charge in [0, 0.05) is 38.3 Å². The highest BCUT2D eigenvalue weighted by atomic mass is 32.1. The van der Waals surface area contributed by atoms with E-state index in [1.807, 2.05) is 49.4 Å². The predicted octanol–water partition coefficient (Wildman–Crippen LogP) is 3.50. The van der Waals surface area contributed by atoms with Gasteiger partial charge in [0.05, 0.1) is 39.5 Å². The number of aromatic amines is 1. The van der Waals surface area contributed by atoms with Crippen LogP contribution in [-0.2, 0) is 17.7 Å². The molecule has 8 nitrogen and oxygen atoms in total. The van der Waals surface area contributed by atoms with E-state index in [4.69, 9.17) is 26.4 Å². The van der Waals surface area contributed by atoms with Gasteiger partial charge in [0.15, 0.2) is 16.6 Å². The summed E-state index contributed by atoms with van der Waals surface area (Å²) in [6.45, 7) is 8.33. The summed E-state index contributed by atoms with van der Waals surface area (Å²) in [6.07, 6.45) is 1.72. The second-order valence-corrected chi connectivity index (χ2v) is 9.95. The molecule has 0 bridgehead atoms. The number of hydrogen-bond acceptors (Lipinski definition) is 6. The molecule has 204 valence electrons. The molecule has 2 aromatic carbocycles. The average Bonchev–Trinajstić information content (AvgIpc) is 2.93. The Hall–Kier alpha value is -3.14. The van der Waals surface area contributed by atoms with E-state index in [1.165, 1.54) is 0 Å². The first-order chi connectivity index (χ1) is 18.5. The van der Waals surface area contributed by atoms with Gasteiger partial charge in [-0.25, -0.2) is 0 Å². The molecule has 3 aromatic rings. The maximum Gasteiger partial charge on any atom is 0.253 e. The number of rotatable bonds is 11. The second kappa shape index (κ2) is 13.6. The lowest BCUT2D eigenvalue weighted by molar-refractivity contribution is 0.0367. The highest BCUT2D eigenvalue weighted by molar-refractivity contribution is 7.80. The molecule has 0 unspecified atom stereocenters. The van der Waals surface area contributed by atoms with Gasteiger partial charge in [-0.15, -0.1) is 0 Å². The summed E-state index contributed by atoms with van der Waals surface area (Å²) in [6, 6.07) is 14.0. The Kier molecular flexibility index (Phi) is 9.98. The van der Waals surface area contributed by atoms with Gasteiger partial charge in [0.25, 0.3) is 5.56 Å². The van der Waals surface area contributed by atoms with Crippen molar-refractivity contribution >= 4 is 28.2 Å². The molecule has 2 heterocycles. The largest absolute Gasteiger partial charge is 0.493 e. The molecular weight excluding hydrogens is 500 g/mol. The molecule has 1 fully saturated rings. The second-order valence-electron chi connectivity index (χ2n) is 9.56. The van der Waals surface area contributed by atoms with E-state index in [9.17, 15) is 4.79 Å². The summed E-state index contributed by atoms with van der Waals surface area (Å²) >= 11 is 5.83. The van der Waals surface area contributed by atoms with Gasteiger partial charge < -0.3 is 29.4 Å². The van der Waals surface area contributed by atoms with Gasteiger partial charge in [-0.1, -0.05) is 24.3 Å². The molecule has 2 N–H and O–H groups in total. The van der Waals surface area contributed by atoms with Crippen molar-refractivity contribution in [2.75, 3.05) is 60.2 Å². The fourth-order valence-electron chi connectivity index (χ4n) is 4.78. The molecular formula is C29H38N4O4S. The third-order valence-electron chi connectivity index (χ3n) is 6.96. The number of morpholine rings is 1.